The van der Waals surface area contributed by atoms with Gasteiger partial charge in [-0.2, -0.15) is 0 Å². The first-order chi connectivity index (χ1) is 12.9. The SMILES string of the molecule is CC(C)C(O)(Cn1c2c(c3cc(Cl)ccc31)CN(C)CC2)c1ccncc1. The highest BCUT2D eigenvalue weighted by Crippen LogP contribution is 2.37. The van der Waals surface area contributed by atoms with Crippen molar-refractivity contribution < 1.29 is 5.11 Å². The van der Waals surface area contributed by atoms with Crippen LogP contribution in [0.4, 0.5) is 0 Å². The molecular weight excluding hydrogens is 358 g/mol. The number of hydrogen-bond donors (Lipinski definition) is 1. The lowest BCUT2D eigenvalue weighted by Gasteiger charge is -2.35. The second kappa shape index (κ2) is 6.93. The van der Waals surface area contributed by atoms with E-state index in [4.69, 9.17) is 11.6 Å². The quantitative estimate of drug-likeness (QED) is 0.733. The van der Waals surface area contributed by atoms with Crippen LogP contribution in [0.1, 0.15) is 30.7 Å². The summed E-state index contributed by atoms with van der Waals surface area (Å²) in [6.07, 6.45) is 4.48. The highest BCUT2D eigenvalue weighted by atomic mass is 35.5. The van der Waals surface area contributed by atoms with Crippen LogP contribution in [0.3, 0.4) is 0 Å². The molecule has 2 aromatic heterocycles. The molecule has 5 heteroatoms. The molecule has 4 nitrogen and oxygen atoms in total. The number of nitrogens with zero attached hydrogens (tertiary/aromatic N) is 3. The van der Waals surface area contributed by atoms with E-state index in [0.717, 1.165) is 35.6 Å². The zero-order valence-electron chi connectivity index (χ0n) is 16.1. The summed E-state index contributed by atoms with van der Waals surface area (Å²) in [7, 11) is 2.15. The molecule has 1 aliphatic heterocycles. The fourth-order valence-electron chi connectivity index (χ4n) is 4.23. The van der Waals surface area contributed by atoms with Gasteiger partial charge in [0.25, 0.3) is 0 Å². The average molecular weight is 384 g/mol. The van der Waals surface area contributed by atoms with Crippen molar-refractivity contribution in [2.45, 2.75) is 39.0 Å². The van der Waals surface area contributed by atoms with E-state index in [2.05, 4.69) is 47.5 Å². The summed E-state index contributed by atoms with van der Waals surface area (Å²) in [4.78, 5) is 6.45. The number of rotatable bonds is 4. The Kier molecular flexibility index (Phi) is 4.75. The number of fused-ring (bicyclic) bond motifs is 3. The maximum atomic E-state index is 11.7. The molecule has 3 heterocycles. The Morgan fingerprint density at radius 1 is 1.22 bits per heavy atom. The minimum Gasteiger partial charge on any atom is -0.383 e. The normalized spacial score (nSPS) is 17.3. The molecule has 0 fully saturated rings. The zero-order valence-corrected chi connectivity index (χ0v) is 16.9. The molecule has 0 spiro atoms. The Bertz CT molecular complexity index is 967. The van der Waals surface area contributed by atoms with E-state index in [1.165, 1.54) is 16.6 Å². The van der Waals surface area contributed by atoms with E-state index in [1.54, 1.807) is 12.4 Å². The van der Waals surface area contributed by atoms with E-state index in [1.807, 2.05) is 18.2 Å². The van der Waals surface area contributed by atoms with E-state index in [0.29, 0.717) is 6.54 Å². The second-order valence-electron chi connectivity index (χ2n) is 7.98. The van der Waals surface area contributed by atoms with E-state index in [9.17, 15) is 5.11 Å². The van der Waals surface area contributed by atoms with Crippen LogP contribution in [-0.2, 0) is 25.1 Å². The number of hydrogen-bond acceptors (Lipinski definition) is 3. The third-order valence-corrected chi connectivity index (χ3v) is 6.18. The Hall–Kier alpha value is -1.88. The van der Waals surface area contributed by atoms with Crippen molar-refractivity contribution >= 4 is 22.5 Å². The van der Waals surface area contributed by atoms with Crippen molar-refractivity contribution in [3.05, 3.63) is 64.6 Å². The van der Waals surface area contributed by atoms with Gasteiger partial charge < -0.3 is 14.6 Å². The molecule has 0 saturated carbocycles. The maximum Gasteiger partial charge on any atom is 0.110 e. The van der Waals surface area contributed by atoms with Gasteiger partial charge in [-0.25, -0.2) is 0 Å². The molecule has 27 heavy (non-hydrogen) atoms. The van der Waals surface area contributed by atoms with Gasteiger partial charge in [0.2, 0.25) is 0 Å². The summed E-state index contributed by atoms with van der Waals surface area (Å²) in [6, 6.07) is 9.93. The van der Waals surface area contributed by atoms with Crippen LogP contribution in [0.2, 0.25) is 5.02 Å². The van der Waals surface area contributed by atoms with E-state index < -0.39 is 5.60 Å². The van der Waals surface area contributed by atoms with Crippen LogP contribution >= 0.6 is 11.6 Å². The number of benzene rings is 1. The molecule has 142 valence electrons. The van der Waals surface area contributed by atoms with Crippen molar-refractivity contribution in [3.8, 4) is 0 Å². The summed E-state index contributed by atoms with van der Waals surface area (Å²) < 4.78 is 2.31. The fraction of sp³-hybridized carbons (Fsp3) is 0.409. The molecular formula is C22H26ClN3O. The minimum absolute atomic E-state index is 0.0616. The largest absolute Gasteiger partial charge is 0.383 e. The molecule has 0 aliphatic carbocycles. The molecule has 1 aromatic carbocycles. The fourth-order valence-corrected chi connectivity index (χ4v) is 4.40. The lowest BCUT2D eigenvalue weighted by Crippen LogP contribution is -2.38. The predicted molar refractivity (Wildman–Crippen MR) is 110 cm³/mol. The first kappa shape index (κ1) is 18.5. The molecule has 0 amide bonds. The number of likely N-dealkylation sites (N-methyl/N-ethyl adjacent to an activating group) is 1. The van der Waals surface area contributed by atoms with Gasteiger partial charge >= 0.3 is 0 Å². The zero-order chi connectivity index (χ0) is 19.2. The van der Waals surface area contributed by atoms with Crippen molar-refractivity contribution in [3.63, 3.8) is 0 Å². The van der Waals surface area contributed by atoms with Gasteiger partial charge in [0.1, 0.15) is 5.60 Å². The predicted octanol–water partition coefficient (Wildman–Crippen LogP) is 4.22. The van der Waals surface area contributed by atoms with Crippen LogP contribution < -0.4 is 0 Å². The van der Waals surface area contributed by atoms with Crippen molar-refractivity contribution in [1.82, 2.24) is 14.5 Å². The number of aromatic nitrogens is 2. The van der Waals surface area contributed by atoms with Crippen molar-refractivity contribution in [2.24, 2.45) is 5.92 Å². The van der Waals surface area contributed by atoms with Gasteiger partial charge in [-0.3, -0.25) is 4.98 Å². The summed E-state index contributed by atoms with van der Waals surface area (Å²) in [5.74, 6) is 0.0616. The summed E-state index contributed by atoms with van der Waals surface area (Å²) in [6.45, 7) is 6.60. The van der Waals surface area contributed by atoms with Crippen LogP contribution in [0.15, 0.2) is 42.7 Å². The van der Waals surface area contributed by atoms with Gasteiger partial charge in [0.15, 0.2) is 0 Å². The highest BCUT2D eigenvalue weighted by molar-refractivity contribution is 6.31. The summed E-state index contributed by atoms with van der Waals surface area (Å²) >= 11 is 6.31. The summed E-state index contributed by atoms with van der Waals surface area (Å²) in [5.41, 5.74) is 3.74. The first-order valence-corrected chi connectivity index (χ1v) is 9.89. The molecule has 1 unspecified atom stereocenters. The Morgan fingerprint density at radius 3 is 2.67 bits per heavy atom. The highest BCUT2D eigenvalue weighted by Gasteiger charge is 2.36. The van der Waals surface area contributed by atoms with Gasteiger partial charge in [-0.15, -0.1) is 0 Å². The molecule has 0 saturated heterocycles. The smallest absolute Gasteiger partial charge is 0.110 e. The number of halogens is 1. The van der Waals surface area contributed by atoms with Crippen LogP contribution in [0.5, 0.6) is 0 Å². The van der Waals surface area contributed by atoms with E-state index in [-0.39, 0.29) is 5.92 Å². The number of aliphatic hydroxyl groups is 1. The van der Waals surface area contributed by atoms with Crippen LogP contribution in [0.25, 0.3) is 10.9 Å². The second-order valence-corrected chi connectivity index (χ2v) is 8.41. The summed E-state index contributed by atoms with van der Waals surface area (Å²) in [5, 5.41) is 13.7. The third-order valence-electron chi connectivity index (χ3n) is 5.94. The molecule has 1 atom stereocenters. The lowest BCUT2D eigenvalue weighted by molar-refractivity contribution is -0.0263. The van der Waals surface area contributed by atoms with Gasteiger partial charge in [0, 0.05) is 53.5 Å². The Balaban J connectivity index is 1.89. The Morgan fingerprint density at radius 2 is 1.96 bits per heavy atom. The maximum absolute atomic E-state index is 11.7. The van der Waals surface area contributed by atoms with Gasteiger partial charge in [-0.05, 0) is 54.4 Å². The van der Waals surface area contributed by atoms with Crippen molar-refractivity contribution in [1.29, 1.82) is 0 Å². The monoisotopic (exact) mass is 383 g/mol. The Labute approximate surface area is 165 Å². The topological polar surface area (TPSA) is 41.3 Å². The van der Waals surface area contributed by atoms with Crippen molar-refractivity contribution in [2.75, 3.05) is 13.6 Å². The average Bonchev–Trinajstić information content (AvgIpc) is 2.94. The molecule has 4 rings (SSSR count). The van der Waals surface area contributed by atoms with Crippen LogP contribution in [0, 0.1) is 5.92 Å². The minimum atomic E-state index is -0.967. The molecule has 1 aliphatic rings. The molecule has 1 N–H and O–H groups in total. The van der Waals surface area contributed by atoms with E-state index >= 15 is 0 Å². The molecule has 3 aromatic rings. The molecule has 0 radical (unpaired) electrons. The van der Waals surface area contributed by atoms with Gasteiger partial charge in [0.05, 0.1) is 6.54 Å². The first-order valence-electron chi connectivity index (χ1n) is 9.51. The van der Waals surface area contributed by atoms with Gasteiger partial charge in [-0.1, -0.05) is 25.4 Å². The van der Waals surface area contributed by atoms with Crippen LogP contribution in [-0.4, -0.2) is 33.1 Å². The lowest BCUT2D eigenvalue weighted by atomic mass is 9.83. The number of pyridine rings is 1. The molecule has 0 bridgehead atoms. The third kappa shape index (κ3) is 3.16. The standard InChI is InChI=1S/C22H26ClN3O/c1-15(2)22(27,16-6-9-24-10-7-16)14-26-20-5-4-17(23)12-18(20)19-13-25(3)11-8-21(19)26/h4-7,9-10,12,15,27H,8,11,13-14H2,1-3H3.